The Bertz CT molecular complexity index is 668. The Morgan fingerprint density at radius 1 is 1.52 bits per heavy atom. The lowest BCUT2D eigenvalue weighted by atomic mass is 10.0. The Morgan fingerprint density at radius 3 is 3.17 bits per heavy atom. The van der Waals surface area contributed by atoms with E-state index in [2.05, 4.69) is 31.7 Å². The van der Waals surface area contributed by atoms with Gasteiger partial charge in [0.2, 0.25) is 0 Å². The number of thiazole rings is 1. The van der Waals surface area contributed by atoms with Crippen molar-refractivity contribution in [1.29, 1.82) is 0 Å². The van der Waals surface area contributed by atoms with E-state index in [1.54, 1.807) is 0 Å². The summed E-state index contributed by atoms with van der Waals surface area (Å²) in [5.74, 6) is 0.595. The molecule has 6 nitrogen and oxygen atoms in total. The van der Waals surface area contributed by atoms with E-state index < -0.39 is 0 Å². The number of rotatable bonds is 5. The number of nitrogens with zero attached hydrogens (tertiary/aromatic N) is 4. The van der Waals surface area contributed by atoms with Crippen molar-refractivity contribution in [2.45, 2.75) is 39.7 Å². The number of hydrogen-bond acceptors (Lipinski definition) is 7. The Balaban J connectivity index is 1.60. The van der Waals surface area contributed by atoms with E-state index >= 15 is 0 Å². The lowest BCUT2D eigenvalue weighted by Gasteiger charge is -2.30. The van der Waals surface area contributed by atoms with Crippen molar-refractivity contribution in [2.75, 3.05) is 18.4 Å². The first-order chi connectivity index (χ1) is 11.2. The van der Waals surface area contributed by atoms with Crippen LogP contribution in [0, 0.1) is 5.92 Å². The number of carbonyl (C=O) groups is 1. The van der Waals surface area contributed by atoms with Crippen LogP contribution in [-0.4, -0.2) is 38.5 Å². The minimum atomic E-state index is -0.163. The standard InChI is InChI=1S/C15H21N5OS2/c1-3-12-13(23-19-18-12)14(21)17-15-16-11(9-22-15)8-20-6-4-5-10(2)7-20/h9-10H,3-8H2,1-2H3,(H,16,17,21). The fraction of sp³-hybridized carbons (Fsp3) is 0.600. The molecule has 1 atom stereocenters. The fourth-order valence-corrected chi connectivity index (χ4v) is 4.20. The van der Waals surface area contributed by atoms with Crippen molar-refractivity contribution >= 4 is 33.9 Å². The molecule has 23 heavy (non-hydrogen) atoms. The molecular formula is C15H21N5OS2. The van der Waals surface area contributed by atoms with Crippen LogP contribution in [0.2, 0.25) is 0 Å². The lowest BCUT2D eigenvalue weighted by Crippen LogP contribution is -2.33. The maximum absolute atomic E-state index is 12.3. The third-order valence-electron chi connectivity index (χ3n) is 4.00. The molecule has 0 saturated carbocycles. The van der Waals surface area contributed by atoms with Gasteiger partial charge in [-0.2, -0.15) is 0 Å². The van der Waals surface area contributed by atoms with Crippen LogP contribution in [0.1, 0.15) is 47.7 Å². The molecule has 124 valence electrons. The number of likely N-dealkylation sites (tertiary alicyclic amines) is 1. The highest BCUT2D eigenvalue weighted by Crippen LogP contribution is 2.22. The molecule has 2 aromatic heterocycles. The van der Waals surface area contributed by atoms with E-state index in [4.69, 9.17) is 0 Å². The van der Waals surface area contributed by atoms with Gasteiger partial charge in [0.1, 0.15) is 4.88 Å². The minimum Gasteiger partial charge on any atom is -0.297 e. The summed E-state index contributed by atoms with van der Waals surface area (Å²) in [7, 11) is 0. The van der Waals surface area contributed by atoms with E-state index in [-0.39, 0.29) is 5.91 Å². The molecule has 1 unspecified atom stereocenters. The second-order valence-corrected chi connectivity index (χ2v) is 7.60. The number of aryl methyl sites for hydroxylation is 1. The lowest BCUT2D eigenvalue weighted by molar-refractivity contribution is 0.102. The molecule has 8 heteroatoms. The number of carbonyl (C=O) groups excluding carboxylic acids is 1. The summed E-state index contributed by atoms with van der Waals surface area (Å²) in [5, 5.41) is 9.51. The summed E-state index contributed by atoms with van der Waals surface area (Å²) in [6.45, 7) is 7.39. The molecule has 2 aromatic rings. The molecule has 0 radical (unpaired) electrons. The molecule has 1 saturated heterocycles. The second kappa shape index (κ2) is 7.46. The predicted molar refractivity (Wildman–Crippen MR) is 93.0 cm³/mol. The van der Waals surface area contributed by atoms with Gasteiger partial charge in [-0.15, -0.1) is 16.4 Å². The molecule has 0 aliphatic carbocycles. The molecule has 0 aromatic carbocycles. The van der Waals surface area contributed by atoms with E-state index in [0.717, 1.165) is 48.5 Å². The van der Waals surface area contributed by atoms with Crippen molar-refractivity contribution in [3.8, 4) is 0 Å². The maximum atomic E-state index is 12.3. The van der Waals surface area contributed by atoms with Crippen LogP contribution >= 0.6 is 22.9 Å². The van der Waals surface area contributed by atoms with Gasteiger partial charge in [-0.25, -0.2) is 4.98 Å². The summed E-state index contributed by atoms with van der Waals surface area (Å²) < 4.78 is 3.85. The first-order valence-electron chi connectivity index (χ1n) is 7.95. The molecule has 1 N–H and O–H groups in total. The number of piperidine rings is 1. The zero-order chi connectivity index (χ0) is 16.2. The molecule has 1 aliphatic rings. The van der Waals surface area contributed by atoms with E-state index in [0.29, 0.717) is 16.4 Å². The Hall–Kier alpha value is -1.38. The molecule has 0 spiro atoms. The zero-order valence-corrected chi connectivity index (χ0v) is 15.0. The Morgan fingerprint density at radius 2 is 2.39 bits per heavy atom. The number of hydrogen-bond donors (Lipinski definition) is 1. The van der Waals surface area contributed by atoms with Crippen LogP contribution in [0.4, 0.5) is 5.13 Å². The van der Waals surface area contributed by atoms with Crippen molar-refractivity contribution in [2.24, 2.45) is 5.92 Å². The van der Waals surface area contributed by atoms with Gasteiger partial charge in [-0.1, -0.05) is 18.3 Å². The van der Waals surface area contributed by atoms with Gasteiger partial charge in [0.25, 0.3) is 5.91 Å². The summed E-state index contributed by atoms with van der Waals surface area (Å²) in [4.78, 5) is 19.8. The summed E-state index contributed by atoms with van der Waals surface area (Å²) in [5.41, 5.74) is 1.77. The van der Waals surface area contributed by atoms with Crippen molar-refractivity contribution in [3.05, 3.63) is 21.6 Å². The predicted octanol–water partition coefficient (Wildman–Crippen LogP) is 3.04. The number of aromatic nitrogens is 3. The van der Waals surface area contributed by atoms with Crippen molar-refractivity contribution in [1.82, 2.24) is 19.5 Å². The summed E-state index contributed by atoms with van der Waals surface area (Å²) in [6, 6.07) is 0. The van der Waals surface area contributed by atoms with Crippen LogP contribution < -0.4 is 5.32 Å². The average Bonchev–Trinajstić information content (AvgIpc) is 3.16. The minimum absolute atomic E-state index is 0.163. The Labute approximate surface area is 144 Å². The Kier molecular flexibility index (Phi) is 5.34. The molecule has 1 aliphatic heterocycles. The number of nitrogens with one attached hydrogen (secondary N) is 1. The molecule has 3 rings (SSSR count). The topological polar surface area (TPSA) is 71.0 Å². The van der Waals surface area contributed by atoms with Crippen LogP contribution in [0.25, 0.3) is 0 Å². The third kappa shape index (κ3) is 4.13. The van der Waals surface area contributed by atoms with Crippen molar-refractivity contribution < 1.29 is 4.79 Å². The van der Waals surface area contributed by atoms with Gasteiger partial charge in [-0.05, 0) is 43.3 Å². The average molecular weight is 352 g/mol. The smallest absolute Gasteiger partial charge is 0.271 e. The second-order valence-electron chi connectivity index (χ2n) is 5.98. The summed E-state index contributed by atoms with van der Waals surface area (Å²) in [6.07, 6.45) is 3.28. The molecule has 3 heterocycles. The quantitative estimate of drug-likeness (QED) is 0.896. The van der Waals surface area contributed by atoms with Crippen LogP contribution in [-0.2, 0) is 13.0 Å². The SMILES string of the molecule is CCc1nnsc1C(=O)Nc1nc(CN2CCCC(C)C2)cs1. The largest absolute Gasteiger partial charge is 0.297 e. The highest BCUT2D eigenvalue weighted by Gasteiger charge is 2.19. The molecule has 0 bridgehead atoms. The number of anilines is 1. The van der Waals surface area contributed by atoms with Gasteiger partial charge < -0.3 is 0 Å². The molecule has 1 fully saturated rings. The first-order valence-corrected chi connectivity index (χ1v) is 9.60. The van der Waals surface area contributed by atoms with Gasteiger partial charge in [0.15, 0.2) is 5.13 Å². The van der Waals surface area contributed by atoms with Gasteiger partial charge in [-0.3, -0.25) is 15.0 Å². The number of amides is 1. The molecule has 1 amide bonds. The highest BCUT2D eigenvalue weighted by molar-refractivity contribution is 7.14. The van der Waals surface area contributed by atoms with Crippen LogP contribution in [0.15, 0.2) is 5.38 Å². The van der Waals surface area contributed by atoms with Crippen LogP contribution in [0.3, 0.4) is 0 Å². The summed E-state index contributed by atoms with van der Waals surface area (Å²) >= 11 is 2.60. The third-order valence-corrected chi connectivity index (χ3v) is 5.57. The maximum Gasteiger partial charge on any atom is 0.271 e. The molecular weight excluding hydrogens is 330 g/mol. The normalized spacial score (nSPS) is 19.0. The van der Waals surface area contributed by atoms with Crippen LogP contribution in [0.5, 0.6) is 0 Å². The van der Waals surface area contributed by atoms with Gasteiger partial charge >= 0.3 is 0 Å². The zero-order valence-electron chi connectivity index (χ0n) is 13.4. The van der Waals surface area contributed by atoms with E-state index in [1.165, 1.54) is 24.2 Å². The first kappa shape index (κ1) is 16.5. The van der Waals surface area contributed by atoms with Gasteiger partial charge in [0, 0.05) is 18.5 Å². The van der Waals surface area contributed by atoms with Crippen molar-refractivity contribution in [3.63, 3.8) is 0 Å². The highest BCUT2D eigenvalue weighted by atomic mass is 32.1. The van der Waals surface area contributed by atoms with E-state index in [1.807, 2.05) is 12.3 Å². The monoisotopic (exact) mass is 351 g/mol. The van der Waals surface area contributed by atoms with Gasteiger partial charge in [0.05, 0.1) is 11.4 Å². The fourth-order valence-electron chi connectivity index (χ4n) is 2.86. The van der Waals surface area contributed by atoms with E-state index in [9.17, 15) is 4.79 Å².